The van der Waals surface area contributed by atoms with Crippen LogP contribution in [0.4, 0.5) is 0 Å². The summed E-state index contributed by atoms with van der Waals surface area (Å²) in [5.41, 5.74) is 1.52. The Kier molecular flexibility index (Phi) is 3.74. The van der Waals surface area contributed by atoms with Crippen LogP contribution >= 0.6 is 15.9 Å². The maximum Gasteiger partial charge on any atom is 0.263 e. The van der Waals surface area contributed by atoms with Crippen molar-refractivity contribution in [2.75, 3.05) is 6.61 Å². The number of nitrogens with zero attached hydrogens (tertiary/aromatic N) is 3. The van der Waals surface area contributed by atoms with Gasteiger partial charge in [-0.3, -0.25) is 0 Å². The predicted octanol–water partition coefficient (Wildman–Crippen LogP) is 3.86. The number of rotatable bonds is 4. The van der Waals surface area contributed by atoms with E-state index >= 15 is 0 Å². The molecule has 0 amide bonds. The van der Waals surface area contributed by atoms with E-state index in [4.69, 9.17) is 13.7 Å². The standard InChI is InChI=1S/C14H12BrN3O3/c1-3-19-13-9(5-4-8(2)16-13)14-17-12(18-21-14)10-6-7-11(15)20-10/h4-7H,3H2,1-2H3. The van der Waals surface area contributed by atoms with Crippen molar-refractivity contribution in [1.29, 1.82) is 0 Å². The highest BCUT2D eigenvalue weighted by Crippen LogP contribution is 2.30. The number of ether oxygens (including phenoxy) is 1. The largest absolute Gasteiger partial charge is 0.477 e. The molecule has 3 aromatic rings. The van der Waals surface area contributed by atoms with Crippen LogP contribution < -0.4 is 4.74 Å². The molecule has 3 rings (SSSR count). The molecule has 0 aromatic carbocycles. The number of furan rings is 1. The molecule has 0 aliphatic carbocycles. The lowest BCUT2D eigenvalue weighted by molar-refractivity contribution is 0.325. The van der Waals surface area contributed by atoms with E-state index in [0.717, 1.165) is 5.69 Å². The van der Waals surface area contributed by atoms with Crippen molar-refractivity contribution < 1.29 is 13.7 Å². The number of aryl methyl sites for hydroxylation is 1. The van der Waals surface area contributed by atoms with E-state index in [9.17, 15) is 0 Å². The first-order chi connectivity index (χ1) is 10.2. The molecule has 6 nitrogen and oxygen atoms in total. The first-order valence-corrected chi connectivity index (χ1v) is 7.17. The Labute approximate surface area is 129 Å². The highest BCUT2D eigenvalue weighted by atomic mass is 79.9. The molecule has 0 aliphatic rings. The fourth-order valence-corrected chi connectivity index (χ4v) is 2.12. The molecular formula is C14H12BrN3O3. The van der Waals surface area contributed by atoms with Gasteiger partial charge in [0.25, 0.3) is 5.89 Å². The molecule has 0 unspecified atom stereocenters. The number of halogens is 1. The summed E-state index contributed by atoms with van der Waals surface area (Å²) in [6.45, 7) is 4.30. The second-order valence-corrected chi connectivity index (χ2v) is 5.05. The summed E-state index contributed by atoms with van der Waals surface area (Å²) in [4.78, 5) is 8.67. The molecule has 0 bridgehead atoms. The third-order valence-corrected chi connectivity index (χ3v) is 3.16. The Morgan fingerprint density at radius 1 is 1.19 bits per heavy atom. The molecule has 0 spiro atoms. The Morgan fingerprint density at radius 3 is 2.76 bits per heavy atom. The summed E-state index contributed by atoms with van der Waals surface area (Å²) < 4.78 is 16.8. The van der Waals surface area contributed by atoms with Crippen molar-refractivity contribution in [3.8, 4) is 28.9 Å². The van der Waals surface area contributed by atoms with Crippen molar-refractivity contribution in [2.45, 2.75) is 13.8 Å². The SMILES string of the molecule is CCOc1nc(C)ccc1-c1nc(-c2ccc(Br)o2)no1. The van der Waals surface area contributed by atoms with Crippen LogP contribution in [0, 0.1) is 6.92 Å². The predicted molar refractivity (Wildman–Crippen MR) is 78.8 cm³/mol. The van der Waals surface area contributed by atoms with E-state index in [2.05, 4.69) is 31.1 Å². The molecule has 0 radical (unpaired) electrons. The highest BCUT2D eigenvalue weighted by Gasteiger charge is 2.17. The van der Waals surface area contributed by atoms with Crippen LogP contribution in [-0.4, -0.2) is 21.7 Å². The summed E-state index contributed by atoms with van der Waals surface area (Å²) >= 11 is 3.24. The summed E-state index contributed by atoms with van der Waals surface area (Å²) in [5, 5.41) is 3.92. The van der Waals surface area contributed by atoms with Crippen molar-refractivity contribution >= 4 is 15.9 Å². The number of hydrogen-bond acceptors (Lipinski definition) is 6. The monoisotopic (exact) mass is 349 g/mol. The van der Waals surface area contributed by atoms with E-state index in [-0.39, 0.29) is 0 Å². The van der Waals surface area contributed by atoms with E-state index < -0.39 is 0 Å². The van der Waals surface area contributed by atoms with Gasteiger partial charge < -0.3 is 13.7 Å². The van der Waals surface area contributed by atoms with Gasteiger partial charge >= 0.3 is 0 Å². The van der Waals surface area contributed by atoms with Crippen molar-refractivity contribution in [2.24, 2.45) is 0 Å². The summed E-state index contributed by atoms with van der Waals surface area (Å²) in [6, 6.07) is 7.24. The maximum absolute atomic E-state index is 5.52. The zero-order valence-corrected chi connectivity index (χ0v) is 13.0. The second-order valence-electron chi connectivity index (χ2n) is 4.27. The van der Waals surface area contributed by atoms with Crippen LogP contribution in [0.3, 0.4) is 0 Å². The molecule has 0 fully saturated rings. The fourth-order valence-electron chi connectivity index (χ4n) is 1.81. The van der Waals surface area contributed by atoms with Crippen molar-refractivity contribution in [1.82, 2.24) is 15.1 Å². The average molecular weight is 350 g/mol. The Bertz CT molecular complexity index is 766. The molecule has 0 atom stereocenters. The minimum atomic E-state index is 0.341. The maximum atomic E-state index is 5.52. The normalized spacial score (nSPS) is 10.8. The highest BCUT2D eigenvalue weighted by molar-refractivity contribution is 9.10. The molecule has 7 heteroatoms. The van der Waals surface area contributed by atoms with Gasteiger partial charge in [-0.05, 0) is 54.0 Å². The van der Waals surface area contributed by atoms with Crippen molar-refractivity contribution in [3.05, 3.63) is 34.6 Å². The van der Waals surface area contributed by atoms with Gasteiger partial charge in [0.05, 0.1) is 6.61 Å². The smallest absolute Gasteiger partial charge is 0.263 e. The summed E-state index contributed by atoms with van der Waals surface area (Å²) in [6.07, 6.45) is 0. The van der Waals surface area contributed by atoms with Gasteiger partial charge in [-0.1, -0.05) is 5.16 Å². The first-order valence-electron chi connectivity index (χ1n) is 6.37. The number of hydrogen-bond donors (Lipinski definition) is 0. The van der Waals surface area contributed by atoms with Gasteiger partial charge in [0.15, 0.2) is 10.4 Å². The van der Waals surface area contributed by atoms with E-state index in [1.54, 1.807) is 12.1 Å². The van der Waals surface area contributed by atoms with E-state index in [1.165, 1.54) is 0 Å². The second kappa shape index (κ2) is 5.69. The molecule has 0 aliphatic heterocycles. The third kappa shape index (κ3) is 2.82. The van der Waals surface area contributed by atoms with Crippen LogP contribution in [0.1, 0.15) is 12.6 Å². The number of pyridine rings is 1. The minimum Gasteiger partial charge on any atom is -0.477 e. The van der Waals surface area contributed by atoms with Gasteiger partial charge in [0, 0.05) is 5.69 Å². The van der Waals surface area contributed by atoms with Gasteiger partial charge in [0.2, 0.25) is 11.7 Å². The van der Waals surface area contributed by atoms with Gasteiger partial charge in [-0.15, -0.1) is 0 Å². The van der Waals surface area contributed by atoms with E-state index in [0.29, 0.717) is 40.2 Å². The third-order valence-electron chi connectivity index (χ3n) is 2.73. The molecular weight excluding hydrogens is 338 g/mol. The molecule has 21 heavy (non-hydrogen) atoms. The van der Waals surface area contributed by atoms with Gasteiger partial charge in [-0.2, -0.15) is 4.98 Å². The zero-order chi connectivity index (χ0) is 14.8. The average Bonchev–Trinajstić information content (AvgIpc) is 3.08. The van der Waals surface area contributed by atoms with Gasteiger partial charge in [0.1, 0.15) is 5.56 Å². The minimum absolute atomic E-state index is 0.341. The van der Waals surface area contributed by atoms with Crippen molar-refractivity contribution in [3.63, 3.8) is 0 Å². The zero-order valence-electron chi connectivity index (χ0n) is 11.5. The Balaban J connectivity index is 2.00. The van der Waals surface area contributed by atoms with Crippen LogP contribution in [0.25, 0.3) is 23.0 Å². The molecule has 0 saturated heterocycles. The number of aromatic nitrogens is 3. The molecule has 108 valence electrons. The fraction of sp³-hybridized carbons (Fsp3) is 0.214. The lowest BCUT2D eigenvalue weighted by atomic mass is 10.2. The van der Waals surface area contributed by atoms with E-state index in [1.807, 2.05) is 26.0 Å². The van der Waals surface area contributed by atoms with Gasteiger partial charge in [-0.25, -0.2) is 4.98 Å². The molecule has 0 saturated carbocycles. The molecule has 0 N–H and O–H groups in total. The molecule has 3 aromatic heterocycles. The first kappa shape index (κ1) is 13.8. The lowest BCUT2D eigenvalue weighted by Crippen LogP contribution is -1.98. The Hall–Kier alpha value is -2.15. The quantitative estimate of drug-likeness (QED) is 0.711. The summed E-state index contributed by atoms with van der Waals surface area (Å²) in [5.74, 6) is 1.72. The van der Waals surface area contributed by atoms with Crippen LogP contribution in [-0.2, 0) is 0 Å². The molecule has 3 heterocycles. The van der Waals surface area contributed by atoms with Crippen LogP contribution in [0.15, 0.2) is 37.9 Å². The lowest BCUT2D eigenvalue weighted by Gasteiger charge is -2.06. The van der Waals surface area contributed by atoms with Crippen LogP contribution in [0.2, 0.25) is 0 Å². The topological polar surface area (TPSA) is 74.2 Å². The summed E-state index contributed by atoms with van der Waals surface area (Å²) in [7, 11) is 0. The van der Waals surface area contributed by atoms with Crippen LogP contribution in [0.5, 0.6) is 5.88 Å². The Morgan fingerprint density at radius 2 is 2.05 bits per heavy atom.